The number of carbonyl (C=O) groups is 2. The number of nitro groups is 1. The summed E-state index contributed by atoms with van der Waals surface area (Å²) in [7, 11) is 0. The number of hydrogen-bond acceptors (Lipinski definition) is 5. The highest BCUT2D eigenvalue weighted by Crippen LogP contribution is 2.24. The van der Waals surface area contributed by atoms with Gasteiger partial charge in [-0.2, -0.15) is 0 Å². The summed E-state index contributed by atoms with van der Waals surface area (Å²) in [6, 6.07) is 9.11. The van der Waals surface area contributed by atoms with E-state index >= 15 is 0 Å². The molecule has 0 fully saturated rings. The Morgan fingerprint density at radius 3 is 2.62 bits per heavy atom. The van der Waals surface area contributed by atoms with Gasteiger partial charge in [0.1, 0.15) is 5.82 Å². The molecule has 124 valence electrons. The summed E-state index contributed by atoms with van der Waals surface area (Å²) < 4.78 is 17.8. The van der Waals surface area contributed by atoms with Gasteiger partial charge < -0.3 is 10.1 Å². The van der Waals surface area contributed by atoms with Gasteiger partial charge in [0, 0.05) is 6.07 Å². The van der Waals surface area contributed by atoms with Crippen molar-refractivity contribution >= 4 is 23.3 Å². The van der Waals surface area contributed by atoms with Crippen molar-refractivity contribution in [3.05, 3.63) is 69.5 Å². The van der Waals surface area contributed by atoms with Crippen molar-refractivity contribution in [3.8, 4) is 0 Å². The second-order valence-electron chi connectivity index (χ2n) is 4.84. The fourth-order valence-corrected chi connectivity index (χ4v) is 1.97. The Kier molecular flexibility index (Phi) is 5.20. The lowest BCUT2D eigenvalue weighted by Crippen LogP contribution is -2.21. The average molecular weight is 332 g/mol. The number of halogens is 1. The van der Waals surface area contributed by atoms with E-state index in [-0.39, 0.29) is 22.5 Å². The molecule has 1 amide bonds. The Bertz CT molecular complexity index is 807. The highest BCUT2D eigenvalue weighted by molar-refractivity contribution is 5.96. The number of nitro benzene ring substituents is 1. The summed E-state index contributed by atoms with van der Waals surface area (Å²) in [6.45, 7) is 0.893. The van der Waals surface area contributed by atoms with Crippen molar-refractivity contribution in [2.75, 3.05) is 11.9 Å². The molecule has 0 aliphatic carbocycles. The van der Waals surface area contributed by atoms with Crippen molar-refractivity contribution in [2.45, 2.75) is 6.92 Å². The molecule has 0 aliphatic rings. The lowest BCUT2D eigenvalue weighted by molar-refractivity contribution is -0.385. The van der Waals surface area contributed by atoms with Gasteiger partial charge in [0.2, 0.25) is 0 Å². The molecule has 0 unspecified atom stereocenters. The summed E-state index contributed by atoms with van der Waals surface area (Å²) in [4.78, 5) is 33.8. The first kappa shape index (κ1) is 17.1. The molecule has 0 aliphatic heterocycles. The van der Waals surface area contributed by atoms with Crippen LogP contribution in [0.4, 0.5) is 15.8 Å². The number of ether oxygens (including phenoxy) is 1. The summed E-state index contributed by atoms with van der Waals surface area (Å²) in [6.07, 6.45) is 0. The van der Waals surface area contributed by atoms with Crippen LogP contribution in [0.15, 0.2) is 42.5 Å². The van der Waals surface area contributed by atoms with Crippen LogP contribution in [0.3, 0.4) is 0 Å². The van der Waals surface area contributed by atoms with Gasteiger partial charge >= 0.3 is 5.97 Å². The van der Waals surface area contributed by atoms with E-state index in [0.717, 1.165) is 6.07 Å². The Labute approximate surface area is 136 Å². The highest BCUT2D eigenvalue weighted by atomic mass is 19.1. The molecule has 2 rings (SSSR count). The Hall–Kier alpha value is -3.29. The van der Waals surface area contributed by atoms with Crippen LogP contribution in [-0.2, 0) is 9.53 Å². The lowest BCUT2D eigenvalue weighted by Gasteiger charge is -2.09. The Morgan fingerprint density at radius 2 is 1.96 bits per heavy atom. The molecule has 0 heterocycles. The van der Waals surface area contributed by atoms with Gasteiger partial charge in [-0.25, -0.2) is 9.18 Å². The number of nitrogens with zero attached hydrogens (tertiary/aromatic N) is 1. The molecule has 24 heavy (non-hydrogen) atoms. The quantitative estimate of drug-likeness (QED) is 0.516. The third-order valence-corrected chi connectivity index (χ3v) is 3.17. The first-order valence-corrected chi connectivity index (χ1v) is 6.85. The maximum Gasteiger partial charge on any atom is 0.338 e. The SMILES string of the molecule is Cc1c(NC(=O)COC(=O)c2cccc(F)c2)cccc1[N+](=O)[O-]. The van der Waals surface area contributed by atoms with Crippen LogP contribution in [0.1, 0.15) is 15.9 Å². The zero-order valence-corrected chi connectivity index (χ0v) is 12.6. The van der Waals surface area contributed by atoms with E-state index in [1.165, 1.54) is 43.3 Å². The van der Waals surface area contributed by atoms with Crippen LogP contribution in [-0.4, -0.2) is 23.4 Å². The first-order valence-electron chi connectivity index (χ1n) is 6.85. The van der Waals surface area contributed by atoms with Crippen molar-refractivity contribution in [3.63, 3.8) is 0 Å². The van der Waals surface area contributed by atoms with Gasteiger partial charge in [-0.15, -0.1) is 0 Å². The second kappa shape index (κ2) is 7.32. The Morgan fingerprint density at radius 1 is 1.25 bits per heavy atom. The molecule has 2 aromatic carbocycles. The van der Waals surface area contributed by atoms with E-state index in [2.05, 4.69) is 5.32 Å². The van der Waals surface area contributed by atoms with E-state index < -0.39 is 29.2 Å². The predicted molar refractivity (Wildman–Crippen MR) is 83.1 cm³/mol. The third kappa shape index (κ3) is 4.13. The minimum Gasteiger partial charge on any atom is -0.452 e. The summed E-state index contributed by atoms with van der Waals surface area (Å²) in [5, 5.41) is 13.3. The normalized spacial score (nSPS) is 10.1. The van der Waals surface area contributed by atoms with Crippen molar-refractivity contribution in [1.82, 2.24) is 0 Å². The monoisotopic (exact) mass is 332 g/mol. The van der Waals surface area contributed by atoms with E-state index in [4.69, 9.17) is 4.74 Å². The van der Waals surface area contributed by atoms with Crippen LogP contribution >= 0.6 is 0 Å². The molecule has 0 saturated carbocycles. The van der Waals surface area contributed by atoms with E-state index in [1.54, 1.807) is 0 Å². The fourth-order valence-electron chi connectivity index (χ4n) is 1.97. The molecular weight excluding hydrogens is 319 g/mol. The molecule has 0 spiro atoms. The molecular formula is C16H13FN2O5. The van der Waals surface area contributed by atoms with E-state index in [1.807, 2.05) is 0 Å². The lowest BCUT2D eigenvalue weighted by atomic mass is 10.1. The zero-order valence-electron chi connectivity index (χ0n) is 12.6. The Balaban J connectivity index is 1.98. The highest BCUT2D eigenvalue weighted by Gasteiger charge is 2.16. The topological polar surface area (TPSA) is 98.5 Å². The number of anilines is 1. The van der Waals surface area contributed by atoms with Gasteiger partial charge in [0.05, 0.1) is 21.7 Å². The molecule has 0 atom stereocenters. The fraction of sp³-hybridized carbons (Fsp3) is 0.125. The summed E-state index contributed by atoms with van der Waals surface area (Å²) in [5.74, 6) is -2.11. The molecule has 7 nitrogen and oxygen atoms in total. The predicted octanol–water partition coefficient (Wildman–Crippen LogP) is 2.84. The van der Waals surface area contributed by atoms with Gasteiger partial charge in [0.25, 0.3) is 11.6 Å². The van der Waals surface area contributed by atoms with Crippen LogP contribution in [0.5, 0.6) is 0 Å². The van der Waals surface area contributed by atoms with Crippen molar-refractivity contribution in [2.24, 2.45) is 0 Å². The van der Waals surface area contributed by atoms with Crippen LogP contribution in [0, 0.1) is 22.9 Å². The molecule has 0 saturated heterocycles. The van der Waals surface area contributed by atoms with Gasteiger partial charge in [-0.3, -0.25) is 14.9 Å². The molecule has 1 N–H and O–H groups in total. The zero-order chi connectivity index (χ0) is 17.7. The molecule has 0 bridgehead atoms. The first-order chi connectivity index (χ1) is 11.4. The number of hydrogen-bond donors (Lipinski definition) is 1. The number of nitrogens with one attached hydrogen (secondary N) is 1. The van der Waals surface area contributed by atoms with Crippen LogP contribution in [0.2, 0.25) is 0 Å². The number of rotatable bonds is 5. The van der Waals surface area contributed by atoms with Crippen LogP contribution in [0.25, 0.3) is 0 Å². The summed E-state index contributed by atoms with van der Waals surface area (Å²) >= 11 is 0. The maximum atomic E-state index is 13.0. The smallest absolute Gasteiger partial charge is 0.338 e. The van der Waals surface area contributed by atoms with E-state index in [9.17, 15) is 24.1 Å². The molecule has 8 heteroatoms. The van der Waals surface area contributed by atoms with Crippen LogP contribution < -0.4 is 5.32 Å². The maximum absolute atomic E-state index is 13.0. The number of carbonyl (C=O) groups excluding carboxylic acids is 2. The number of amides is 1. The van der Waals surface area contributed by atoms with Gasteiger partial charge in [-0.1, -0.05) is 12.1 Å². The molecule has 0 radical (unpaired) electrons. The second-order valence-corrected chi connectivity index (χ2v) is 4.84. The minimum absolute atomic E-state index is 0.0191. The van der Waals surface area contributed by atoms with Crippen molar-refractivity contribution < 1.29 is 23.6 Å². The summed E-state index contributed by atoms with van der Waals surface area (Å²) in [5.41, 5.74) is 0.377. The standard InChI is InChI=1S/C16H13FN2O5/c1-10-13(6-3-7-14(10)19(22)23)18-15(20)9-24-16(21)11-4-2-5-12(17)8-11/h2-8H,9H2,1H3,(H,18,20). The van der Waals surface area contributed by atoms with Gasteiger partial charge in [-0.05, 0) is 31.2 Å². The molecule has 2 aromatic rings. The number of esters is 1. The van der Waals surface area contributed by atoms with Crippen molar-refractivity contribution in [1.29, 1.82) is 0 Å². The number of benzene rings is 2. The minimum atomic E-state index is -0.847. The van der Waals surface area contributed by atoms with Gasteiger partial charge in [0.15, 0.2) is 6.61 Å². The molecule has 0 aromatic heterocycles. The van der Waals surface area contributed by atoms with E-state index in [0.29, 0.717) is 0 Å². The average Bonchev–Trinajstić information content (AvgIpc) is 2.54. The largest absolute Gasteiger partial charge is 0.452 e. The third-order valence-electron chi connectivity index (χ3n) is 3.17.